The minimum Gasteiger partial charge on any atom is -0.491 e. The van der Waals surface area contributed by atoms with Crippen LogP contribution in [0.15, 0.2) is 30.3 Å². The summed E-state index contributed by atoms with van der Waals surface area (Å²) in [5.41, 5.74) is 2.03. The highest BCUT2D eigenvalue weighted by Gasteiger charge is 1.98. The second kappa shape index (κ2) is 4.94. The molecule has 0 unspecified atom stereocenters. The lowest BCUT2D eigenvalue weighted by atomic mass is 10.2. The molecule has 0 amide bonds. The first-order valence-corrected chi connectivity index (χ1v) is 5.29. The Morgan fingerprint density at radius 1 is 1.12 bits per heavy atom. The lowest BCUT2D eigenvalue weighted by molar-refractivity contribution is 0.146. The predicted octanol–water partition coefficient (Wildman–Crippen LogP) is 2.57. The van der Waals surface area contributed by atoms with Crippen LogP contribution in [0.5, 0.6) is 5.75 Å². The maximum Gasteiger partial charge on any atom is 0.120 e. The number of hydrogen-bond acceptors (Lipinski definition) is 3. The molecular formula is C13H15NO2. The van der Waals surface area contributed by atoms with Crippen LogP contribution in [-0.2, 0) is 4.74 Å². The van der Waals surface area contributed by atoms with Gasteiger partial charge in [-0.3, -0.25) is 4.98 Å². The summed E-state index contributed by atoms with van der Waals surface area (Å²) >= 11 is 0. The molecule has 0 aliphatic heterocycles. The number of fused-ring (bicyclic) bond motifs is 1. The van der Waals surface area contributed by atoms with Gasteiger partial charge in [-0.2, -0.15) is 0 Å². The Morgan fingerprint density at radius 3 is 2.81 bits per heavy atom. The summed E-state index contributed by atoms with van der Waals surface area (Å²) in [7, 11) is 1.66. The van der Waals surface area contributed by atoms with E-state index >= 15 is 0 Å². The zero-order valence-electron chi connectivity index (χ0n) is 9.56. The van der Waals surface area contributed by atoms with E-state index in [2.05, 4.69) is 11.1 Å². The summed E-state index contributed by atoms with van der Waals surface area (Å²) in [4.78, 5) is 4.43. The average Bonchev–Trinajstić information content (AvgIpc) is 2.29. The summed E-state index contributed by atoms with van der Waals surface area (Å²) in [6, 6.07) is 9.97. The standard InChI is InChI=1S/C13H15NO2/c1-10-3-4-11-9-12(16-8-7-15-2)5-6-13(11)14-10/h3-6,9H,7-8H2,1-2H3. The molecule has 0 radical (unpaired) electrons. The molecule has 3 heteroatoms. The Balaban J connectivity index is 2.20. The monoisotopic (exact) mass is 217 g/mol. The summed E-state index contributed by atoms with van der Waals surface area (Å²) in [6.45, 7) is 3.16. The highest BCUT2D eigenvalue weighted by Crippen LogP contribution is 2.19. The molecular weight excluding hydrogens is 202 g/mol. The number of hydrogen-bond donors (Lipinski definition) is 0. The van der Waals surface area contributed by atoms with Crippen LogP contribution >= 0.6 is 0 Å². The molecule has 2 rings (SSSR count). The quantitative estimate of drug-likeness (QED) is 0.737. The fourth-order valence-corrected chi connectivity index (χ4v) is 1.54. The second-order valence-corrected chi connectivity index (χ2v) is 3.65. The van der Waals surface area contributed by atoms with E-state index in [1.807, 2.05) is 31.2 Å². The maximum atomic E-state index is 5.53. The Bertz CT molecular complexity index is 482. The van der Waals surface area contributed by atoms with Crippen molar-refractivity contribution in [3.63, 3.8) is 0 Å². The third-order valence-corrected chi connectivity index (χ3v) is 2.36. The molecule has 84 valence electrons. The molecule has 0 N–H and O–H groups in total. The molecule has 0 aliphatic carbocycles. The third-order valence-electron chi connectivity index (χ3n) is 2.36. The van der Waals surface area contributed by atoms with Gasteiger partial charge in [0.15, 0.2) is 0 Å². The van der Waals surface area contributed by atoms with Crippen LogP contribution in [0.4, 0.5) is 0 Å². The normalized spacial score (nSPS) is 10.6. The molecule has 2 aromatic rings. The van der Waals surface area contributed by atoms with Gasteiger partial charge in [-0.15, -0.1) is 0 Å². The van der Waals surface area contributed by atoms with Gasteiger partial charge >= 0.3 is 0 Å². The van der Waals surface area contributed by atoms with Crippen molar-refractivity contribution in [1.29, 1.82) is 0 Å². The molecule has 0 spiro atoms. The Hall–Kier alpha value is -1.61. The van der Waals surface area contributed by atoms with E-state index < -0.39 is 0 Å². The predicted molar refractivity (Wildman–Crippen MR) is 63.9 cm³/mol. The molecule has 1 aromatic heterocycles. The lowest BCUT2D eigenvalue weighted by Gasteiger charge is -2.06. The first kappa shape index (κ1) is 10.9. The van der Waals surface area contributed by atoms with Crippen LogP contribution in [0.3, 0.4) is 0 Å². The molecule has 0 bridgehead atoms. The summed E-state index contributed by atoms with van der Waals surface area (Å²) < 4.78 is 10.5. The van der Waals surface area contributed by atoms with Crippen molar-refractivity contribution in [3.8, 4) is 5.75 Å². The van der Waals surface area contributed by atoms with E-state index in [0.29, 0.717) is 13.2 Å². The average molecular weight is 217 g/mol. The molecule has 1 aromatic carbocycles. The van der Waals surface area contributed by atoms with E-state index in [-0.39, 0.29) is 0 Å². The van der Waals surface area contributed by atoms with Crippen molar-refractivity contribution in [2.24, 2.45) is 0 Å². The Morgan fingerprint density at radius 2 is 2.00 bits per heavy atom. The van der Waals surface area contributed by atoms with Gasteiger partial charge in [-0.25, -0.2) is 0 Å². The molecule has 0 aliphatic rings. The first-order valence-electron chi connectivity index (χ1n) is 5.29. The zero-order valence-corrected chi connectivity index (χ0v) is 9.56. The van der Waals surface area contributed by atoms with Gasteiger partial charge in [0.2, 0.25) is 0 Å². The number of methoxy groups -OCH3 is 1. The summed E-state index contributed by atoms with van der Waals surface area (Å²) in [5, 5.41) is 1.10. The van der Waals surface area contributed by atoms with Crippen LogP contribution in [0.25, 0.3) is 10.9 Å². The van der Waals surface area contributed by atoms with Crippen molar-refractivity contribution in [2.45, 2.75) is 6.92 Å². The van der Waals surface area contributed by atoms with Gasteiger partial charge in [0.1, 0.15) is 12.4 Å². The number of nitrogens with zero attached hydrogens (tertiary/aromatic N) is 1. The lowest BCUT2D eigenvalue weighted by Crippen LogP contribution is -2.04. The fraction of sp³-hybridized carbons (Fsp3) is 0.308. The molecule has 1 heterocycles. The number of ether oxygens (including phenoxy) is 2. The maximum absolute atomic E-state index is 5.53. The van der Waals surface area contributed by atoms with Gasteiger partial charge in [0, 0.05) is 18.2 Å². The van der Waals surface area contributed by atoms with E-state index in [1.54, 1.807) is 7.11 Å². The number of benzene rings is 1. The minimum atomic E-state index is 0.571. The Kier molecular flexibility index (Phi) is 3.37. The molecule has 0 saturated carbocycles. The smallest absolute Gasteiger partial charge is 0.120 e. The van der Waals surface area contributed by atoms with Crippen molar-refractivity contribution in [2.75, 3.05) is 20.3 Å². The Labute approximate surface area is 95.0 Å². The number of aromatic nitrogens is 1. The highest BCUT2D eigenvalue weighted by molar-refractivity contribution is 5.80. The first-order chi connectivity index (χ1) is 7.79. The van der Waals surface area contributed by atoms with Crippen molar-refractivity contribution >= 4 is 10.9 Å². The van der Waals surface area contributed by atoms with Gasteiger partial charge in [-0.1, -0.05) is 6.07 Å². The van der Waals surface area contributed by atoms with E-state index in [4.69, 9.17) is 9.47 Å². The van der Waals surface area contributed by atoms with Gasteiger partial charge < -0.3 is 9.47 Å². The van der Waals surface area contributed by atoms with Gasteiger partial charge in [0.25, 0.3) is 0 Å². The largest absolute Gasteiger partial charge is 0.491 e. The van der Waals surface area contributed by atoms with Crippen molar-refractivity contribution in [1.82, 2.24) is 4.98 Å². The van der Waals surface area contributed by atoms with Crippen molar-refractivity contribution in [3.05, 3.63) is 36.0 Å². The van der Waals surface area contributed by atoms with Gasteiger partial charge in [-0.05, 0) is 31.2 Å². The molecule has 0 fully saturated rings. The number of pyridine rings is 1. The molecule has 0 saturated heterocycles. The second-order valence-electron chi connectivity index (χ2n) is 3.65. The van der Waals surface area contributed by atoms with Crippen LogP contribution in [-0.4, -0.2) is 25.3 Å². The van der Waals surface area contributed by atoms with Crippen LogP contribution in [0.2, 0.25) is 0 Å². The molecule has 16 heavy (non-hydrogen) atoms. The molecule has 0 atom stereocenters. The van der Waals surface area contributed by atoms with E-state index in [9.17, 15) is 0 Å². The molecule has 3 nitrogen and oxygen atoms in total. The summed E-state index contributed by atoms with van der Waals surface area (Å²) in [6.07, 6.45) is 0. The third kappa shape index (κ3) is 2.49. The summed E-state index contributed by atoms with van der Waals surface area (Å²) in [5.74, 6) is 0.857. The van der Waals surface area contributed by atoms with E-state index in [0.717, 1.165) is 22.3 Å². The van der Waals surface area contributed by atoms with Gasteiger partial charge in [0.05, 0.1) is 12.1 Å². The number of aryl methyl sites for hydroxylation is 1. The fourth-order valence-electron chi connectivity index (χ4n) is 1.54. The number of rotatable bonds is 4. The van der Waals surface area contributed by atoms with Crippen molar-refractivity contribution < 1.29 is 9.47 Å². The van der Waals surface area contributed by atoms with Crippen LogP contribution < -0.4 is 4.74 Å². The van der Waals surface area contributed by atoms with Crippen LogP contribution in [0, 0.1) is 6.92 Å². The minimum absolute atomic E-state index is 0.571. The zero-order chi connectivity index (χ0) is 11.4. The van der Waals surface area contributed by atoms with Crippen LogP contribution in [0.1, 0.15) is 5.69 Å². The topological polar surface area (TPSA) is 31.4 Å². The highest BCUT2D eigenvalue weighted by atomic mass is 16.5. The SMILES string of the molecule is COCCOc1ccc2nc(C)ccc2c1. The van der Waals surface area contributed by atoms with E-state index in [1.165, 1.54) is 0 Å².